The minimum absolute atomic E-state index is 0.266. The quantitative estimate of drug-likeness (QED) is 0.506. The van der Waals surface area contributed by atoms with Crippen LogP contribution in [0.3, 0.4) is 0 Å². The zero-order valence-electron chi connectivity index (χ0n) is 10.1. The van der Waals surface area contributed by atoms with Crippen molar-refractivity contribution in [1.29, 1.82) is 0 Å². The van der Waals surface area contributed by atoms with Crippen molar-refractivity contribution in [1.82, 2.24) is 13.7 Å². The lowest BCUT2D eigenvalue weighted by Crippen LogP contribution is -2.55. The third-order valence-corrected chi connectivity index (χ3v) is 2.45. The Bertz CT molecular complexity index is 568. The molecule has 0 amide bonds. The fourth-order valence-corrected chi connectivity index (χ4v) is 1.60. The van der Waals surface area contributed by atoms with Gasteiger partial charge in [-0.3, -0.25) is 0 Å². The maximum absolute atomic E-state index is 11.9. The minimum atomic E-state index is -0.915. The van der Waals surface area contributed by atoms with Gasteiger partial charge in [0.1, 0.15) is 0 Å². The van der Waals surface area contributed by atoms with E-state index in [0.29, 0.717) is 13.7 Å². The van der Waals surface area contributed by atoms with Crippen LogP contribution in [0, 0.1) is 4.91 Å². The van der Waals surface area contributed by atoms with Gasteiger partial charge in [0.2, 0.25) is 0 Å². The Hall–Kier alpha value is -2.07. The van der Waals surface area contributed by atoms with Crippen LogP contribution in [0.4, 0.5) is 0 Å². The molecule has 0 aliphatic carbocycles. The van der Waals surface area contributed by atoms with Gasteiger partial charge in [0.25, 0.3) is 0 Å². The number of rotatable bonds is 7. The topological polar surface area (TPSA) is 136 Å². The summed E-state index contributed by atoms with van der Waals surface area (Å²) in [6.07, 6.45) is 0. The number of hydrogen-bond donors (Lipinski definition) is 2. The lowest BCUT2D eigenvalue weighted by atomic mass is 10.5. The zero-order valence-corrected chi connectivity index (χ0v) is 10.1. The number of nitroso groups, excluding NO2 is 1. The predicted molar refractivity (Wildman–Crippen MR) is 64.1 cm³/mol. The lowest BCUT2D eigenvalue weighted by Gasteiger charge is -2.11. The first-order valence-electron chi connectivity index (χ1n) is 5.53. The summed E-state index contributed by atoms with van der Waals surface area (Å²) >= 11 is 0. The molecule has 0 aromatic carbocycles. The van der Waals surface area contributed by atoms with Crippen LogP contribution in [0.15, 0.2) is 19.6 Å². The molecule has 1 aromatic rings. The molecule has 10 nitrogen and oxygen atoms in total. The summed E-state index contributed by atoms with van der Waals surface area (Å²) in [7, 11) is 0. The van der Waals surface area contributed by atoms with Crippen molar-refractivity contribution in [2.24, 2.45) is 5.18 Å². The average Bonchev–Trinajstić information content (AvgIpc) is 2.40. The van der Waals surface area contributed by atoms with E-state index in [1.54, 1.807) is 0 Å². The highest BCUT2D eigenvalue weighted by molar-refractivity contribution is 4.79. The molecule has 0 saturated carbocycles. The summed E-state index contributed by atoms with van der Waals surface area (Å²) in [6, 6.07) is 0. The summed E-state index contributed by atoms with van der Waals surface area (Å²) in [4.78, 5) is 45.6. The highest BCUT2D eigenvalue weighted by atomic mass is 16.3. The molecule has 2 N–H and O–H groups in total. The molecule has 1 heterocycles. The number of aromatic nitrogens is 3. The molecule has 0 aliphatic rings. The van der Waals surface area contributed by atoms with Crippen molar-refractivity contribution < 1.29 is 10.2 Å². The van der Waals surface area contributed by atoms with Gasteiger partial charge in [0, 0.05) is 0 Å². The molecule has 1 rings (SSSR count). The van der Waals surface area contributed by atoms with Gasteiger partial charge in [-0.05, 0) is 0 Å². The molecule has 19 heavy (non-hydrogen) atoms. The highest BCUT2D eigenvalue weighted by Gasteiger charge is 2.14. The summed E-state index contributed by atoms with van der Waals surface area (Å²) in [5.74, 6) is 0. The van der Waals surface area contributed by atoms with E-state index in [1.807, 2.05) is 0 Å². The van der Waals surface area contributed by atoms with Gasteiger partial charge in [-0.1, -0.05) is 5.18 Å². The molecule has 0 bridgehead atoms. The lowest BCUT2D eigenvalue weighted by molar-refractivity contribution is 0.250. The molecule has 0 radical (unpaired) electrons. The Morgan fingerprint density at radius 3 is 1.47 bits per heavy atom. The zero-order chi connectivity index (χ0) is 14.4. The summed E-state index contributed by atoms with van der Waals surface area (Å²) in [5.41, 5.74) is -2.74. The van der Waals surface area contributed by atoms with Gasteiger partial charge in [-0.25, -0.2) is 28.1 Å². The van der Waals surface area contributed by atoms with Crippen molar-refractivity contribution in [3.8, 4) is 0 Å². The Balaban J connectivity index is 3.54. The monoisotopic (exact) mass is 274 g/mol. The maximum Gasteiger partial charge on any atom is 0.336 e. The third-order valence-electron chi connectivity index (χ3n) is 2.45. The smallest absolute Gasteiger partial charge is 0.336 e. The van der Waals surface area contributed by atoms with E-state index in [1.165, 1.54) is 0 Å². The van der Waals surface area contributed by atoms with Crippen LogP contribution in [-0.2, 0) is 19.6 Å². The van der Waals surface area contributed by atoms with Crippen molar-refractivity contribution >= 4 is 0 Å². The number of nitrogens with zero attached hydrogens (tertiary/aromatic N) is 4. The Kier molecular flexibility index (Phi) is 5.33. The van der Waals surface area contributed by atoms with E-state index in [4.69, 9.17) is 10.2 Å². The molecule has 0 unspecified atom stereocenters. The Labute approximate surface area is 106 Å². The van der Waals surface area contributed by atoms with Crippen molar-refractivity contribution in [3.05, 3.63) is 36.4 Å². The van der Waals surface area contributed by atoms with Gasteiger partial charge < -0.3 is 10.2 Å². The molecule has 10 heteroatoms. The van der Waals surface area contributed by atoms with Crippen molar-refractivity contribution in [2.75, 3.05) is 19.8 Å². The summed E-state index contributed by atoms with van der Waals surface area (Å²) in [5, 5.41) is 20.2. The van der Waals surface area contributed by atoms with Gasteiger partial charge >= 0.3 is 17.1 Å². The van der Waals surface area contributed by atoms with Gasteiger partial charge in [-0.2, -0.15) is 4.91 Å². The fraction of sp³-hybridized carbons (Fsp3) is 0.667. The second kappa shape index (κ2) is 6.75. The van der Waals surface area contributed by atoms with Crippen LogP contribution in [0.1, 0.15) is 0 Å². The van der Waals surface area contributed by atoms with Crippen molar-refractivity contribution in [2.45, 2.75) is 19.6 Å². The largest absolute Gasteiger partial charge is 0.395 e. The molecule has 106 valence electrons. The van der Waals surface area contributed by atoms with Crippen LogP contribution < -0.4 is 17.1 Å². The van der Waals surface area contributed by atoms with Crippen LogP contribution in [0.25, 0.3) is 0 Å². The second-order valence-electron chi connectivity index (χ2n) is 3.60. The van der Waals surface area contributed by atoms with Crippen LogP contribution in [0.5, 0.6) is 0 Å². The number of hydrogen-bond acceptors (Lipinski definition) is 7. The highest BCUT2D eigenvalue weighted by Crippen LogP contribution is 1.78. The fourth-order valence-electron chi connectivity index (χ4n) is 1.60. The molecule has 0 spiro atoms. The van der Waals surface area contributed by atoms with E-state index < -0.39 is 30.3 Å². The van der Waals surface area contributed by atoms with Crippen molar-refractivity contribution in [3.63, 3.8) is 0 Å². The number of aliphatic hydroxyl groups excluding tert-OH is 2. The predicted octanol–water partition coefficient (Wildman–Crippen LogP) is -3.08. The van der Waals surface area contributed by atoms with Crippen LogP contribution in [-0.4, -0.2) is 43.7 Å². The Morgan fingerprint density at radius 2 is 1.16 bits per heavy atom. The normalized spacial score (nSPS) is 10.6. The first-order chi connectivity index (χ1) is 9.08. The van der Waals surface area contributed by atoms with E-state index in [9.17, 15) is 19.3 Å². The standard InChI is InChI=1S/C9H14N4O6/c14-5-3-12-7(16)11(2-1-10-19)8(17)13(4-6-15)9(12)18/h14-15H,1-6H2. The third kappa shape index (κ3) is 3.03. The van der Waals surface area contributed by atoms with Gasteiger partial charge in [-0.15, -0.1) is 0 Å². The van der Waals surface area contributed by atoms with Crippen LogP contribution >= 0.6 is 0 Å². The van der Waals surface area contributed by atoms with E-state index >= 15 is 0 Å². The molecule has 1 aromatic heterocycles. The average molecular weight is 274 g/mol. The van der Waals surface area contributed by atoms with E-state index in [0.717, 1.165) is 0 Å². The maximum atomic E-state index is 11.9. The Morgan fingerprint density at radius 1 is 0.789 bits per heavy atom. The molecular weight excluding hydrogens is 260 g/mol. The molecule has 0 fully saturated rings. The molecule has 0 atom stereocenters. The van der Waals surface area contributed by atoms with E-state index in [2.05, 4.69) is 5.18 Å². The first-order valence-corrected chi connectivity index (χ1v) is 5.53. The molecule has 0 aliphatic heterocycles. The van der Waals surface area contributed by atoms with E-state index in [-0.39, 0.29) is 26.2 Å². The molecular formula is C9H14N4O6. The van der Waals surface area contributed by atoms with Crippen LogP contribution in [0.2, 0.25) is 0 Å². The van der Waals surface area contributed by atoms with Gasteiger partial charge in [0.15, 0.2) is 0 Å². The van der Waals surface area contributed by atoms with Gasteiger partial charge in [0.05, 0.1) is 39.4 Å². The molecule has 0 saturated heterocycles. The second-order valence-corrected chi connectivity index (χ2v) is 3.60. The number of aliphatic hydroxyl groups is 2. The first kappa shape index (κ1) is 15.0. The summed E-state index contributed by atoms with van der Waals surface area (Å²) < 4.78 is 2.01. The SMILES string of the molecule is O=NCCn1c(=O)n(CCO)c(=O)n(CCO)c1=O. The summed E-state index contributed by atoms with van der Waals surface area (Å²) in [6.45, 7) is -2.05. The minimum Gasteiger partial charge on any atom is -0.395 e.